The van der Waals surface area contributed by atoms with Crippen molar-refractivity contribution in [3.63, 3.8) is 0 Å². The number of nitrogens with one attached hydrogen (secondary N) is 1. The number of amides is 1. The molecule has 0 saturated carbocycles. The van der Waals surface area contributed by atoms with Crippen molar-refractivity contribution in [2.75, 3.05) is 17.7 Å². The van der Waals surface area contributed by atoms with E-state index >= 15 is 0 Å². The van der Waals surface area contributed by atoms with E-state index in [1.54, 1.807) is 24.3 Å². The molecule has 0 unspecified atom stereocenters. The van der Waals surface area contributed by atoms with Crippen molar-refractivity contribution >= 4 is 135 Å². The molecule has 8 aromatic rings. The number of para-hydroxylation sites is 2. The van der Waals surface area contributed by atoms with Gasteiger partial charge in [-0.3, -0.25) is 27.4 Å². The number of nitriles is 1. The van der Waals surface area contributed by atoms with Gasteiger partial charge in [0, 0.05) is 35.0 Å². The van der Waals surface area contributed by atoms with Crippen LogP contribution in [0.15, 0.2) is 112 Å². The lowest BCUT2D eigenvalue weighted by Gasteiger charge is -2.13. The number of azo groups is 3. The molecule has 32 heteroatoms. The van der Waals surface area contributed by atoms with Gasteiger partial charge < -0.3 is 20.3 Å². The monoisotopic (exact) mass is 1110 g/mol. The highest BCUT2D eigenvalue weighted by Crippen LogP contribution is 2.47. The minimum Gasteiger partial charge on any atom is -0.505 e. The molecule has 27 nitrogen and oxygen atoms in total. The number of ether oxygens (including phenoxy) is 1. The Morgan fingerprint density at radius 1 is 0.770 bits per heavy atom. The molecule has 3 aromatic heterocycles. The summed E-state index contributed by atoms with van der Waals surface area (Å²) in [6.07, 6.45) is -0.281. The van der Waals surface area contributed by atoms with Crippen LogP contribution in [0.4, 0.5) is 39.3 Å². The number of aromatic nitrogens is 3. The van der Waals surface area contributed by atoms with Crippen LogP contribution >= 0.6 is 11.3 Å². The Morgan fingerprint density at radius 2 is 1.45 bits per heavy atom. The van der Waals surface area contributed by atoms with Crippen molar-refractivity contribution in [3.05, 3.63) is 83.4 Å². The van der Waals surface area contributed by atoms with Crippen LogP contribution in [0.5, 0.6) is 17.4 Å². The number of aromatic hydroxyl groups is 2. The van der Waals surface area contributed by atoms with E-state index in [9.17, 15) is 72.2 Å². The maximum Gasteiger partial charge on any atom is 0.297 e. The molecule has 0 bridgehead atoms. The Labute approximate surface area is 420 Å². The van der Waals surface area contributed by atoms with Crippen LogP contribution in [0.3, 0.4) is 0 Å². The molecule has 0 aliphatic heterocycles. The van der Waals surface area contributed by atoms with E-state index in [0.29, 0.717) is 17.1 Å². The average Bonchev–Trinajstić information content (AvgIpc) is 3.89. The maximum absolute atomic E-state index is 13.1. The van der Waals surface area contributed by atoms with Gasteiger partial charge >= 0.3 is 0 Å². The first kappa shape index (κ1) is 52.3. The zero-order valence-corrected chi connectivity index (χ0v) is 41.8. The molecular weight excluding hydrogens is 1070 g/mol. The van der Waals surface area contributed by atoms with Gasteiger partial charge in [-0.05, 0) is 74.4 Å². The van der Waals surface area contributed by atoms with Gasteiger partial charge in [0.2, 0.25) is 16.9 Å². The number of carbonyl (C=O) groups excluding carboxylic acids is 1. The number of phenols is 1. The van der Waals surface area contributed by atoms with Crippen molar-refractivity contribution in [3.8, 4) is 23.4 Å². The number of carbonyl (C=O) groups is 1. The van der Waals surface area contributed by atoms with Gasteiger partial charge in [0.1, 0.15) is 54.6 Å². The molecule has 0 atom stereocenters. The minimum atomic E-state index is -5.48. The Hall–Kier alpha value is -8.00. The Balaban J connectivity index is 1.22. The predicted octanol–water partition coefficient (Wildman–Crippen LogP) is 8.75. The van der Waals surface area contributed by atoms with Crippen LogP contribution in [0.1, 0.15) is 30.0 Å². The van der Waals surface area contributed by atoms with E-state index in [4.69, 9.17) is 4.74 Å². The fourth-order valence-electron chi connectivity index (χ4n) is 7.44. The van der Waals surface area contributed by atoms with Gasteiger partial charge in [-0.1, -0.05) is 23.5 Å². The highest BCUT2D eigenvalue weighted by atomic mass is 32.2. The summed E-state index contributed by atoms with van der Waals surface area (Å²) in [5, 5.41) is 58.1. The second-order valence-electron chi connectivity index (χ2n) is 15.7. The molecule has 0 spiro atoms. The lowest BCUT2D eigenvalue weighted by atomic mass is 10.1. The summed E-state index contributed by atoms with van der Waals surface area (Å²) in [7, 11) is -20.2. The number of pyridine rings is 1. The number of fused-ring (bicyclic) bond motifs is 5. The topological polar surface area (TPSA) is 424 Å². The zero-order chi connectivity index (χ0) is 53.8. The van der Waals surface area contributed by atoms with Crippen molar-refractivity contribution in [1.29, 1.82) is 5.26 Å². The second kappa shape index (κ2) is 19.4. The quantitative estimate of drug-likeness (QED) is 0.0286. The highest BCUT2D eigenvalue weighted by molar-refractivity contribution is 7.87. The molecular formula is C42H33N11O16S5. The summed E-state index contributed by atoms with van der Waals surface area (Å²) in [6, 6.07) is 15.9. The third-order valence-corrected chi connectivity index (χ3v) is 15.0. The normalized spacial score (nSPS) is 12.8. The Morgan fingerprint density at radius 3 is 2.11 bits per heavy atom. The summed E-state index contributed by atoms with van der Waals surface area (Å²) in [5.74, 6) is -3.19. The van der Waals surface area contributed by atoms with E-state index in [-0.39, 0.29) is 72.6 Å². The molecule has 0 radical (unpaired) electrons. The largest absolute Gasteiger partial charge is 0.505 e. The van der Waals surface area contributed by atoms with E-state index in [1.165, 1.54) is 43.4 Å². The third kappa shape index (κ3) is 10.6. The molecule has 3 heterocycles. The van der Waals surface area contributed by atoms with Crippen molar-refractivity contribution < 1.29 is 71.6 Å². The van der Waals surface area contributed by atoms with E-state index < -0.39 is 107 Å². The van der Waals surface area contributed by atoms with Gasteiger partial charge in [0.15, 0.2) is 17.1 Å². The standard InChI is InChI=1S/C42H33N11O16S5/c1-19-13-29(31(69-11-6-12-71(57,58)59)17-28(19)48-52-42-46-36-32(70-42)14-22(44-21(3)54)15-33(36)72(60,61)62)49-51-37-34(73(63,64)65)16-24-23(38(37)55)9-10-27(39(24)74(66,67)68)47-50-35-20(2)25(18-43)40-45-26-7-4-5-8-30(26)53(40)41(35)56/h4-5,7-10,13-17,55-56H,6,11-12H2,1-3H3,(H,44,54)(H,57,58,59)(H,60,61,62)(H,63,64,65)(H,66,67,68). The van der Waals surface area contributed by atoms with Crippen molar-refractivity contribution in [2.24, 2.45) is 30.7 Å². The number of phenolic OH excluding ortho intramolecular Hbond substituents is 1. The summed E-state index contributed by atoms with van der Waals surface area (Å²) in [4.78, 5) is 17.2. The molecule has 0 aliphatic rings. The van der Waals surface area contributed by atoms with Crippen LogP contribution in [0, 0.1) is 25.2 Å². The summed E-state index contributed by atoms with van der Waals surface area (Å²) < 4.78 is 147. The smallest absolute Gasteiger partial charge is 0.297 e. The highest BCUT2D eigenvalue weighted by Gasteiger charge is 2.29. The van der Waals surface area contributed by atoms with Crippen LogP contribution < -0.4 is 10.1 Å². The molecule has 0 fully saturated rings. The van der Waals surface area contributed by atoms with Gasteiger partial charge in [-0.25, -0.2) is 9.97 Å². The average molecular weight is 1110 g/mol. The van der Waals surface area contributed by atoms with E-state index in [1.807, 2.05) is 6.07 Å². The first-order valence-corrected chi connectivity index (χ1v) is 27.4. The molecule has 74 heavy (non-hydrogen) atoms. The summed E-state index contributed by atoms with van der Waals surface area (Å²) in [5.41, 5.74) is -1.24. The fraction of sp³-hybridized carbons (Fsp3) is 0.143. The predicted molar refractivity (Wildman–Crippen MR) is 263 cm³/mol. The lowest BCUT2D eigenvalue weighted by Crippen LogP contribution is -2.08. The molecule has 0 saturated heterocycles. The van der Waals surface area contributed by atoms with E-state index in [2.05, 4.69) is 46.0 Å². The van der Waals surface area contributed by atoms with Gasteiger partial charge in [0.05, 0.1) is 33.8 Å². The van der Waals surface area contributed by atoms with Crippen molar-refractivity contribution in [1.82, 2.24) is 14.4 Å². The second-order valence-corrected chi connectivity index (χ2v) is 22.5. The summed E-state index contributed by atoms with van der Waals surface area (Å²) in [6.45, 7) is 3.67. The number of benzene rings is 5. The van der Waals surface area contributed by atoms with Gasteiger partial charge in [-0.15, -0.1) is 30.7 Å². The number of imidazole rings is 1. The van der Waals surface area contributed by atoms with E-state index in [0.717, 1.165) is 29.5 Å². The SMILES string of the molecule is CC(=O)Nc1cc(S(=O)(=O)O)c2nc(N=Nc3cc(OCCCS(=O)(=O)O)c(N=Nc4c(S(=O)(=O)O)cc5c(S(=O)(=O)O)c(N=Nc6c(C)c(C#N)c7nc8ccccc8n7c6O)ccc5c4O)cc3C)sc2c1. The molecule has 0 aliphatic carbocycles. The molecule has 1 amide bonds. The van der Waals surface area contributed by atoms with Gasteiger partial charge in [0.25, 0.3) is 40.5 Å². The number of hydrogen-bond acceptors (Lipinski definition) is 22. The molecule has 8 rings (SSSR count). The van der Waals surface area contributed by atoms with Crippen LogP contribution in [-0.2, 0) is 45.3 Å². The third-order valence-electron chi connectivity index (χ3n) is 10.6. The zero-order valence-electron chi connectivity index (χ0n) is 37.8. The molecule has 382 valence electrons. The van der Waals surface area contributed by atoms with Crippen LogP contribution in [0.25, 0.3) is 37.7 Å². The summed E-state index contributed by atoms with van der Waals surface area (Å²) >= 11 is 0.823. The van der Waals surface area contributed by atoms with Crippen LogP contribution in [0.2, 0.25) is 0 Å². The fourth-order valence-corrected chi connectivity index (χ4v) is 11.0. The number of hydrogen-bond donors (Lipinski definition) is 7. The first-order valence-electron chi connectivity index (χ1n) is 20.6. The Bertz CT molecular complexity index is 4340. The number of aryl methyl sites for hydroxylation is 1. The number of rotatable bonds is 15. The maximum atomic E-state index is 13.1. The molecule has 5 aromatic carbocycles. The Kier molecular flexibility index (Phi) is 13.8. The van der Waals surface area contributed by atoms with Gasteiger partial charge in [-0.2, -0.15) is 38.9 Å². The first-order chi connectivity index (χ1) is 34.6. The number of nitrogens with zero attached hydrogens (tertiary/aromatic N) is 10. The lowest BCUT2D eigenvalue weighted by molar-refractivity contribution is -0.114. The molecule has 7 N–H and O–H groups in total. The van der Waals surface area contributed by atoms with Crippen LogP contribution in [-0.4, -0.2) is 94.7 Å². The minimum absolute atomic E-state index is 0.0199. The number of anilines is 1. The number of thiazole rings is 1. The van der Waals surface area contributed by atoms with Crippen molar-refractivity contribution in [2.45, 2.75) is 41.9 Å².